The Morgan fingerprint density at radius 2 is 1.74 bits per heavy atom. The number of H-pyrrole nitrogens is 2. The number of nitrogens with one attached hydrogen (secondary N) is 2. The molecule has 0 aliphatic carbocycles. The Balaban J connectivity index is 1.24. The molecule has 9 nitrogen and oxygen atoms in total. The molecule has 1 aliphatic heterocycles. The van der Waals surface area contributed by atoms with E-state index in [1.54, 1.807) is 35.9 Å². The minimum Gasteiger partial charge on any atom is -0.336 e. The maximum Gasteiger partial charge on any atom is 0.261 e. The lowest BCUT2D eigenvalue weighted by Gasteiger charge is -2.15. The van der Waals surface area contributed by atoms with E-state index in [4.69, 9.17) is 9.97 Å². The molecule has 1 aliphatic rings. The maximum absolute atomic E-state index is 13.6. The molecule has 0 atom stereocenters. The molecule has 0 amide bonds. The molecule has 11 heteroatoms. The highest BCUT2D eigenvalue weighted by atomic mass is 19.3. The molecule has 2 N–H and O–H groups in total. The summed E-state index contributed by atoms with van der Waals surface area (Å²) in [5.74, 6) is -2.05. The highest BCUT2D eigenvalue weighted by Gasteiger charge is 2.37. The van der Waals surface area contributed by atoms with Gasteiger partial charge >= 0.3 is 0 Å². The number of hydrogen-bond donors (Lipinski definition) is 2. The van der Waals surface area contributed by atoms with Crippen molar-refractivity contribution in [3.05, 3.63) is 72.9 Å². The van der Waals surface area contributed by atoms with Crippen molar-refractivity contribution in [1.29, 1.82) is 0 Å². The fraction of sp³-hybridized carbons (Fsp3) is 0.185. The van der Waals surface area contributed by atoms with Gasteiger partial charge in [0.15, 0.2) is 11.5 Å². The summed E-state index contributed by atoms with van der Waals surface area (Å²) in [5, 5.41) is 7.53. The number of aromatic amines is 2. The molecule has 7 heterocycles. The molecule has 6 aromatic rings. The number of nitrogens with zero attached hydrogens (tertiary/aromatic N) is 7. The molecule has 7 rings (SSSR count). The third-order valence-corrected chi connectivity index (χ3v) is 6.73. The molecule has 38 heavy (non-hydrogen) atoms. The fourth-order valence-corrected chi connectivity index (χ4v) is 4.91. The summed E-state index contributed by atoms with van der Waals surface area (Å²) in [7, 11) is 0. The number of pyridine rings is 4. The predicted octanol–water partition coefficient (Wildman–Crippen LogP) is 4.86. The Kier molecular flexibility index (Phi) is 5.18. The quantitative estimate of drug-likeness (QED) is 0.341. The van der Waals surface area contributed by atoms with Gasteiger partial charge in [0, 0.05) is 61.6 Å². The number of alkyl halides is 2. The van der Waals surface area contributed by atoms with Gasteiger partial charge in [0.25, 0.3) is 5.92 Å². The molecule has 0 spiro atoms. The average molecular weight is 510 g/mol. The van der Waals surface area contributed by atoms with E-state index >= 15 is 0 Å². The first-order valence-electron chi connectivity index (χ1n) is 12.2. The van der Waals surface area contributed by atoms with E-state index in [0.29, 0.717) is 35.8 Å². The van der Waals surface area contributed by atoms with Crippen molar-refractivity contribution in [1.82, 2.24) is 45.0 Å². The van der Waals surface area contributed by atoms with Crippen LogP contribution in [0.5, 0.6) is 0 Å². The van der Waals surface area contributed by atoms with Gasteiger partial charge in [0.05, 0.1) is 29.0 Å². The van der Waals surface area contributed by atoms with Gasteiger partial charge in [0.1, 0.15) is 11.0 Å². The zero-order chi connectivity index (χ0) is 25.7. The van der Waals surface area contributed by atoms with Crippen LogP contribution in [-0.2, 0) is 6.54 Å². The van der Waals surface area contributed by atoms with Crippen molar-refractivity contribution in [3.63, 3.8) is 0 Å². The molecule has 1 fully saturated rings. The molecule has 1 saturated heterocycles. The lowest BCUT2D eigenvalue weighted by molar-refractivity contribution is 0.0115. The second-order valence-electron chi connectivity index (χ2n) is 9.44. The van der Waals surface area contributed by atoms with E-state index in [0.717, 1.165) is 38.9 Å². The molecule has 0 saturated carbocycles. The van der Waals surface area contributed by atoms with E-state index in [1.807, 2.05) is 36.4 Å². The minimum atomic E-state index is -2.62. The number of fused-ring (bicyclic) bond motifs is 2. The SMILES string of the molecule is FC1(F)CCN(Cc2cncc(-c3ccc4[nH]nc(-c5nc6c(-c7ccncc7)nccc6[nH]5)c4n3)c2)C1. The zero-order valence-electron chi connectivity index (χ0n) is 20.1. The summed E-state index contributed by atoms with van der Waals surface area (Å²) in [4.78, 5) is 27.8. The van der Waals surface area contributed by atoms with Crippen molar-refractivity contribution in [2.45, 2.75) is 18.9 Å². The van der Waals surface area contributed by atoms with Gasteiger partial charge in [0.2, 0.25) is 0 Å². The molecule has 0 aromatic carbocycles. The Morgan fingerprint density at radius 3 is 2.58 bits per heavy atom. The topological polar surface area (TPSA) is 112 Å². The Hall–Kier alpha value is -4.64. The van der Waals surface area contributed by atoms with E-state index in [1.165, 1.54) is 0 Å². The van der Waals surface area contributed by atoms with Crippen LogP contribution in [0, 0.1) is 0 Å². The van der Waals surface area contributed by atoms with Gasteiger partial charge in [-0.3, -0.25) is 25.0 Å². The van der Waals surface area contributed by atoms with Gasteiger partial charge < -0.3 is 4.98 Å². The van der Waals surface area contributed by atoms with Gasteiger partial charge in [-0.05, 0) is 42.0 Å². The fourth-order valence-electron chi connectivity index (χ4n) is 4.91. The van der Waals surface area contributed by atoms with Gasteiger partial charge in [-0.1, -0.05) is 0 Å². The zero-order valence-corrected chi connectivity index (χ0v) is 20.1. The largest absolute Gasteiger partial charge is 0.336 e. The number of halogens is 2. The highest BCUT2D eigenvalue weighted by Crippen LogP contribution is 2.31. The third-order valence-electron chi connectivity index (χ3n) is 6.73. The summed E-state index contributed by atoms with van der Waals surface area (Å²) >= 11 is 0. The predicted molar refractivity (Wildman–Crippen MR) is 138 cm³/mol. The first kappa shape index (κ1) is 22.5. The van der Waals surface area contributed by atoms with Crippen molar-refractivity contribution in [3.8, 4) is 34.0 Å². The highest BCUT2D eigenvalue weighted by molar-refractivity contribution is 5.95. The molecule has 6 aromatic heterocycles. The molecular formula is C27H21F2N9. The van der Waals surface area contributed by atoms with Gasteiger partial charge in [-0.25, -0.2) is 18.7 Å². The van der Waals surface area contributed by atoms with Crippen molar-refractivity contribution < 1.29 is 8.78 Å². The first-order valence-corrected chi connectivity index (χ1v) is 12.2. The third kappa shape index (κ3) is 4.06. The smallest absolute Gasteiger partial charge is 0.261 e. The minimum absolute atomic E-state index is 0.108. The standard InChI is InChI=1S/C27H21F2N9/c28-27(29)6-10-38(15-27)14-16-11-18(13-31-12-16)19-1-2-21-24(33-19)25(37-36-21)26-34-20-5-9-32-22(23(20)35-26)17-3-7-30-8-4-17/h1-5,7-9,11-13H,6,10,14-15H2,(H,34,35)(H,36,37). The van der Waals surface area contributed by atoms with Crippen molar-refractivity contribution >= 4 is 22.1 Å². The number of rotatable bonds is 5. The van der Waals surface area contributed by atoms with E-state index in [2.05, 4.69) is 30.1 Å². The molecule has 0 radical (unpaired) electrons. The normalized spacial score (nSPS) is 15.5. The van der Waals surface area contributed by atoms with E-state index in [9.17, 15) is 8.78 Å². The molecule has 0 unspecified atom stereocenters. The van der Waals surface area contributed by atoms with Crippen LogP contribution < -0.4 is 0 Å². The van der Waals surface area contributed by atoms with E-state index < -0.39 is 5.92 Å². The van der Waals surface area contributed by atoms with Crippen LogP contribution in [-0.4, -0.2) is 64.0 Å². The van der Waals surface area contributed by atoms with E-state index in [-0.39, 0.29) is 13.0 Å². The summed E-state index contributed by atoms with van der Waals surface area (Å²) < 4.78 is 27.2. The second-order valence-corrected chi connectivity index (χ2v) is 9.44. The summed E-state index contributed by atoms with van der Waals surface area (Å²) in [6.07, 6.45) is 8.51. The lowest BCUT2D eigenvalue weighted by atomic mass is 10.1. The molecular weight excluding hydrogens is 488 g/mol. The van der Waals surface area contributed by atoms with Gasteiger partial charge in [-0.2, -0.15) is 5.10 Å². The average Bonchev–Trinajstić information content (AvgIpc) is 3.64. The monoisotopic (exact) mass is 509 g/mol. The second kappa shape index (κ2) is 8.73. The van der Waals surface area contributed by atoms with Crippen LogP contribution in [0.25, 0.3) is 56.1 Å². The summed E-state index contributed by atoms with van der Waals surface area (Å²) in [6.45, 7) is 0.563. The number of imidazole rings is 1. The van der Waals surface area contributed by atoms with Crippen LogP contribution >= 0.6 is 0 Å². The number of hydrogen-bond acceptors (Lipinski definition) is 7. The first-order chi connectivity index (χ1) is 18.5. The lowest BCUT2D eigenvalue weighted by Crippen LogP contribution is -2.24. The summed E-state index contributed by atoms with van der Waals surface area (Å²) in [6, 6.07) is 11.4. The number of likely N-dealkylation sites (tertiary alicyclic amines) is 1. The Morgan fingerprint density at radius 1 is 0.868 bits per heavy atom. The Labute approximate surface area is 215 Å². The summed E-state index contributed by atoms with van der Waals surface area (Å²) in [5.41, 5.74) is 7.60. The molecule has 0 bridgehead atoms. The van der Waals surface area contributed by atoms with Crippen LogP contribution in [0.15, 0.2) is 67.4 Å². The van der Waals surface area contributed by atoms with Crippen LogP contribution in [0.1, 0.15) is 12.0 Å². The van der Waals surface area contributed by atoms with Crippen molar-refractivity contribution in [2.75, 3.05) is 13.1 Å². The maximum atomic E-state index is 13.6. The van der Waals surface area contributed by atoms with Crippen molar-refractivity contribution in [2.24, 2.45) is 0 Å². The Bertz CT molecular complexity index is 1780. The van der Waals surface area contributed by atoms with Gasteiger partial charge in [-0.15, -0.1) is 0 Å². The van der Waals surface area contributed by atoms with Crippen LogP contribution in [0.2, 0.25) is 0 Å². The number of aromatic nitrogens is 8. The molecule has 188 valence electrons. The van der Waals surface area contributed by atoms with Crippen LogP contribution in [0.4, 0.5) is 8.78 Å². The van der Waals surface area contributed by atoms with Crippen LogP contribution in [0.3, 0.4) is 0 Å².